The van der Waals surface area contributed by atoms with Gasteiger partial charge in [-0.3, -0.25) is 9.69 Å². The second kappa shape index (κ2) is 10.3. The van der Waals surface area contributed by atoms with Crippen molar-refractivity contribution < 1.29 is 24.2 Å². The summed E-state index contributed by atoms with van der Waals surface area (Å²) < 4.78 is 13.1. The van der Waals surface area contributed by atoms with Crippen LogP contribution in [0.4, 0.5) is 10.5 Å². The fraction of sp³-hybridized carbons (Fsp3) is 0.387. The van der Waals surface area contributed by atoms with Crippen molar-refractivity contribution in [3.8, 4) is 0 Å². The molecule has 0 unspecified atom stereocenters. The van der Waals surface area contributed by atoms with Crippen LogP contribution in [0.25, 0.3) is 21.8 Å². The van der Waals surface area contributed by atoms with Crippen LogP contribution in [0.3, 0.4) is 0 Å². The summed E-state index contributed by atoms with van der Waals surface area (Å²) in [7, 11) is 1.40. The van der Waals surface area contributed by atoms with Crippen molar-refractivity contribution in [1.82, 2.24) is 9.55 Å². The number of ether oxygens (including phenoxy) is 2. The zero-order chi connectivity index (χ0) is 27.1. The van der Waals surface area contributed by atoms with Gasteiger partial charge in [-0.15, -0.1) is 0 Å². The van der Waals surface area contributed by atoms with Crippen LogP contribution in [0, 0.1) is 0 Å². The Hall–Kier alpha value is -3.91. The number of hydrogen-bond donors (Lipinski definition) is 1. The summed E-state index contributed by atoms with van der Waals surface area (Å²) in [6.07, 6.45) is 3.33. The van der Waals surface area contributed by atoms with E-state index < -0.39 is 11.9 Å². The lowest BCUT2D eigenvalue weighted by Crippen LogP contribution is -2.42. The van der Waals surface area contributed by atoms with E-state index in [1.54, 1.807) is 4.90 Å². The summed E-state index contributed by atoms with van der Waals surface area (Å²) in [5.41, 5.74) is 4.36. The predicted molar refractivity (Wildman–Crippen MR) is 150 cm³/mol. The third-order valence-electron chi connectivity index (χ3n) is 8.26. The molecule has 8 heteroatoms. The molecule has 39 heavy (non-hydrogen) atoms. The van der Waals surface area contributed by atoms with Crippen LogP contribution in [0.5, 0.6) is 0 Å². The lowest BCUT2D eigenvalue weighted by molar-refractivity contribution is -0.138. The molecule has 8 nitrogen and oxygen atoms in total. The molecule has 1 N–H and O–H groups in total. The quantitative estimate of drug-likeness (QED) is 0.349. The number of aliphatic carboxylic acids is 1. The van der Waals surface area contributed by atoms with Gasteiger partial charge >= 0.3 is 12.1 Å². The van der Waals surface area contributed by atoms with Gasteiger partial charge in [0.05, 0.1) is 42.4 Å². The minimum absolute atomic E-state index is 0.0139. The number of amides is 1. The molecule has 0 saturated carbocycles. The lowest BCUT2D eigenvalue weighted by Gasteiger charge is -2.34. The number of methoxy groups -OCH3 is 1. The standard InChI is InChI=1S/C31H33N3O5/c1-19-9-12-24-26(33(19)31(37)38-2)13-14-27-29(24)32-28(34(27)23-8-5-15-39-18-23)17-25(30(35)36)22-11-10-20-6-3-4-7-21(20)16-22/h3-4,6-7,10-11,13-14,16,19,23,25H,5,8-9,12,15,17-18H2,1-2H3,(H,35,36)/t19-,23-,25-/m0/s1. The van der Waals surface area contributed by atoms with Crippen molar-refractivity contribution in [1.29, 1.82) is 0 Å². The molecule has 1 amide bonds. The minimum Gasteiger partial charge on any atom is -0.481 e. The summed E-state index contributed by atoms with van der Waals surface area (Å²) in [5, 5.41) is 12.5. The van der Waals surface area contributed by atoms with Crippen molar-refractivity contribution in [2.24, 2.45) is 0 Å². The molecule has 3 aromatic carbocycles. The van der Waals surface area contributed by atoms with Gasteiger partial charge in [0.15, 0.2) is 0 Å². The minimum atomic E-state index is -0.878. The molecule has 1 fully saturated rings. The van der Waals surface area contributed by atoms with E-state index in [0.717, 1.165) is 76.7 Å². The Kier molecular flexibility index (Phi) is 6.73. The van der Waals surface area contributed by atoms with Crippen LogP contribution in [0.15, 0.2) is 54.6 Å². The highest BCUT2D eigenvalue weighted by atomic mass is 16.5. The smallest absolute Gasteiger partial charge is 0.414 e. The zero-order valence-electron chi connectivity index (χ0n) is 22.3. The van der Waals surface area contributed by atoms with E-state index >= 15 is 0 Å². The van der Waals surface area contributed by atoms with Gasteiger partial charge in [0.25, 0.3) is 0 Å². The molecule has 3 atom stereocenters. The molecule has 6 rings (SSSR count). The molecule has 2 aliphatic rings. The number of hydrogen-bond acceptors (Lipinski definition) is 5. The van der Waals surface area contributed by atoms with Crippen molar-refractivity contribution >= 4 is 39.6 Å². The van der Waals surface area contributed by atoms with Crippen molar-refractivity contribution in [2.45, 2.75) is 57.0 Å². The summed E-state index contributed by atoms with van der Waals surface area (Å²) in [6.45, 7) is 3.32. The number of carbonyl (C=O) groups excluding carboxylic acids is 1. The Morgan fingerprint density at radius 2 is 1.95 bits per heavy atom. The van der Waals surface area contributed by atoms with Gasteiger partial charge < -0.3 is 19.1 Å². The van der Waals surface area contributed by atoms with Gasteiger partial charge in [-0.1, -0.05) is 42.5 Å². The molecular formula is C31H33N3O5. The van der Waals surface area contributed by atoms with Crippen LogP contribution in [-0.4, -0.2) is 53.1 Å². The first-order valence-electron chi connectivity index (χ1n) is 13.7. The normalized spacial score (nSPS) is 20.1. The van der Waals surface area contributed by atoms with Crippen LogP contribution < -0.4 is 4.90 Å². The SMILES string of the molecule is COC(=O)N1c2ccc3c(nc(C[C@H](C(=O)O)c4ccc5ccccc5c4)n3[C@H]3CCCOC3)c2CC[C@@H]1C. The molecule has 0 spiro atoms. The van der Waals surface area contributed by atoms with Gasteiger partial charge in [0.2, 0.25) is 0 Å². The van der Waals surface area contributed by atoms with Gasteiger partial charge in [0, 0.05) is 24.6 Å². The van der Waals surface area contributed by atoms with Crippen molar-refractivity contribution in [2.75, 3.05) is 25.2 Å². The van der Waals surface area contributed by atoms with E-state index in [2.05, 4.69) is 4.57 Å². The Balaban J connectivity index is 1.48. The molecule has 1 aromatic heterocycles. The van der Waals surface area contributed by atoms with Crippen molar-refractivity contribution in [3.63, 3.8) is 0 Å². The van der Waals surface area contributed by atoms with Gasteiger partial charge in [-0.05, 0) is 61.1 Å². The van der Waals surface area contributed by atoms with E-state index in [-0.39, 0.29) is 24.6 Å². The average molecular weight is 528 g/mol. The number of benzene rings is 3. The highest BCUT2D eigenvalue weighted by molar-refractivity contribution is 5.95. The first-order valence-corrected chi connectivity index (χ1v) is 13.7. The molecule has 0 bridgehead atoms. The Morgan fingerprint density at radius 3 is 2.69 bits per heavy atom. The highest BCUT2D eigenvalue weighted by Gasteiger charge is 2.33. The third kappa shape index (κ3) is 4.52. The summed E-state index contributed by atoms with van der Waals surface area (Å²) in [4.78, 5) is 32.1. The summed E-state index contributed by atoms with van der Waals surface area (Å²) in [6, 6.07) is 17.9. The van der Waals surface area contributed by atoms with Gasteiger partial charge in [0.1, 0.15) is 5.82 Å². The molecule has 0 aliphatic carbocycles. The maximum absolute atomic E-state index is 12.7. The second-order valence-electron chi connectivity index (χ2n) is 10.6. The highest BCUT2D eigenvalue weighted by Crippen LogP contribution is 2.39. The number of nitrogens with zero attached hydrogens (tertiary/aromatic N) is 3. The number of anilines is 1. The summed E-state index contributed by atoms with van der Waals surface area (Å²) >= 11 is 0. The van der Waals surface area contributed by atoms with E-state index in [1.165, 1.54) is 7.11 Å². The number of fused-ring (bicyclic) bond motifs is 4. The van der Waals surface area contributed by atoms with E-state index in [0.29, 0.717) is 6.61 Å². The van der Waals surface area contributed by atoms with Gasteiger partial charge in [-0.25, -0.2) is 9.78 Å². The van der Waals surface area contributed by atoms with Crippen molar-refractivity contribution in [3.05, 3.63) is 71.5 Å². The maximum atomic E-state index is 12.7. The first kappa shape index (κ1) is 25.4. The van der Waals surface area contributed by atoms with E-state index in [9.17, 15) is 14.7 Å². The van der Waals surface area contributed by atoms with E-state index in [4.69, 9.17) is 14.5 Å². The van der Waals surface area contributed by atoms with Crippen LogP contribution in [0.2, 0.25) is 0 Å². The number of imidazole rings is 1. The fourth-order valence-corrected chi connectivity index (χ4v) is 6.26. The summed E-state index contributed by atoms with van der Waals surface area (Å²) in [5.74, 6) is -0.897. The number of aromatic nitrogens is 2. The lowest BCUT2D eigenvalue weighted by atomic mass is 9.93. The van der Waals surface area contributed by atoms with Crippen LogP contribution in [-0.2, 0) is 27.1 Å². The number of aryl methyl sites for hydroxylation is 1. The molecule has 3 heterocycles. The van der Waals surface area contributed by atoms with Gasteiger partial charge in [-0.2, -0.15) is 0 Å². The van der Waals surface area contributed by atoms with E-state index in [1.807, 2.05) is 61.5 Å². The molecule has 0 radical (unpaired) electrons. The molecule has 2 aliphatic heterocycles. The molecule has 4 aromatic rings. The fourth-order valence-electron chi connectivity index (χ4n) is 6.26. The Labute approximate surface area is 227 Å². The Bertz CT molecular complexity index is 1550. The first-order chi connectivity index (χ1) is 19.0. The number of carboxylic acids is 1. The zero-order valence-corrected chi connectivity index (χ0v) is 22.3. The molecule has 1 saturated heterocycles. The Morgan fingerprint density at radius 1 is 1.13 bits per heavy atom. The van der Waals surface area contributed by atoms with Crippen LogP contribution >= 0.6 is 0 Å². The molecule has 202 valence electrons. The topological polar surface area (TPSA) is 93.9 Å². The predicted octanol–water partition coefficient (Wildman–Crippen LogP) is 5.86. The largest absolute Gasteiger partial charge is 0.481 e. The maximum Gasteiger partial charge on any atom is 0.414 e. The number of carboxylic acid groups (broad SMARTS) is 1. The second-order valence-corrected chi connectivity index (χ2v) is 10.6. The van der Waals surface area contributed by atoms with Crippen LogP contribution in [0.1, 0.15) is 55.1 Å². The molecular weight excluding hydrogens is 494 g/mol. The third-order valence-corrected chi connectivity index (χ3v) is 8.26. The number of rotatable bonds is 5. The number of carbonyl (C=O) groups is 2. The monoisotopic (exact) mass is 527 g/mol. The average Bonchev–Trinajstić information content (AvgIpc) is 3.34.